The van der Waals surface area contributed by atoms with E-state index in [-0.39, 0.29) is 40.0 Å². The molecule has 0 saturated carbocycles. The van der Waals surface area contributed by atoms with Gasteiger partial charge in [0, 0.05) is 23.3 Å². The lowest BCUT2D eigenvalue weighted by Gasteiger charge is -2.41. The van der Waals surface area contributed by atoms with E-state index in [1.165, 1.54) is 17.0 Å². The van der Waals surface area contributed by atoms with Crippen LogP contribution in [0.2, 0.25) is 0 Å². The average molecular weight is 547 g/mol. The number of carbonyl (C=O) groups is 1. The molecule has 0 aliphatic carbocycles. The first-order chi connectivity index (χ1) is 17.2. The monoisotopic (exact) mass is 546 g/mol. The second kappa shape index (κ2) is 9.49. The van der Waals surface area contributed by atoms with Crippen LogP contribution in [0.4, 0.5) is 17.1 Å². The van der Waals surface area contributed by atoms with Crippen LogP contribution in [0.1, 0.15) is 33.6 Å². The molecular formula is C25H30N4O6S2. The first kappa shape index (κ1) is 26.7. The van der Waals surface area contributed by atoms with Gasteiger partial charge in [-0.25, -0.2) is 8.42 Å². The molecule has 0 spiro atoms. The van der Waals surface area contributed by atoms with Crippen LogP contribution in [0.5, 0.6) is 0 Å². The molecule has 0 bridgehead atoms. The van der Waals surface area contributed by atoms with Gasteiger partial charge in [-0.3, -0.25) is 9.52 Å². The van der Waals surface area contributed by atoms with E-state index in [0.29, 0.717) is 18.0 Å². The third-order valence-electron chi connectivity index (χ3n) is 6.38. The highest BCUT2D eigenvalue weighted by atomic mass is 32.2. The Hall–Kier alpha value is -3.38. The maximum absolute atomic E-state index is 13.7. The standard InChI is InChI=1S/C25H30N4O6S2/c1-16(2)12-13-25(3)15-29(18-8-6-5-7-9-18)24(31)21(22(25)30)23-26-19-11-10-17(27-36(4,32)33)14-20(19)37(34,35)28-23/h5-11,14,16,27,30H,12-13,15H2,1-4H3,(H,26,28)/t25-/m1/s1. The quantitative estimate of drug-likeness (QED) is 0.478. The molecule has 2 aromatic rings. The van der Waals surface area contributed by atoms with Crippen LogP contribution in [0.3, 0.4) is 0 Å². The fraction of sp³-hybridized carbons (Fsp3) is 0.360. The zero-order valence-corrected chi connectivity index (χ0v) is 22.6. The van der Waals surface area contributed by atoms with E-state index in [4.69, 9.17) is 0 Å². The topological polar surface area (TPSA) is 145 Å². The molecule has 0 unspecified atom stereocenters. The summed E-state index contributed by atoms with van der Waals surface area (Å²) in [5.41, 5.74) is -0.283. The Morgan fingerprint density at radius 3 is 2.49 bits per heavy atom. The van der Waals surface area contributed by atoms with Crippen molar-refractivity contribution in [2.45, 2.75) is 38.5 Å². The molecule has 1 amide bonds. The number of amides is 1. The Morgan fingerprint density at radius 1 is 1.19 bits per heavy atom. The van der Waals surface area contributed by atoms with Crippen LogP contribution in [0, 0.1) is 11.3 Å². The van der Waals surface area contributed by atoms with Gasteiger partial charge in [0.05, 0.1) is 11.9 Å². The Balaban J connectivity index is 1.82. The Labute approximate surface area is 217 Å². The maximum Gasteiger partial charge on any atom is 0.286 e. The van der Waals surface area contributed by atoms with Crippen LogP contribution in [-0.2, 0) is 24.8 Å². The number of benzene rings is 2. The molecule has 2 aliphatic heterocycles. The van der Waals surface area contributed by atoms with Crippen molar-refractivity contribution in [3.05, 3.63) is 59.9 Å². The van der Waals surface area contributed by atoms with Gasteiger partial charge in [-0.05, 0) is 49.1 Å². The smallest absolute Gasteiger partial charge is 0.286 e. The summed E-state index contributed by atoms with van der Waals surface area (Å²) in [7, 11) is -7.97. The van der Waals surface area contributed by atoms with Gasteiger partial charge in [0.25, 0.3) is 15.9 Å². The lowest BCUT2D eigenvalue weighted by atomic mass is 9.76. The molecule has 0 aromatic heterocycles. The second-order valence-corrected chi connectivity index (χ2v) is 13.4. The summed E-state index contributed by atoms with van der Waals surface area (Å²) >= 11 is 0. The van der Waals surface area contributed by atoms with E-state index in [1.807, 2.05) is 13.0 Å². The molecule has 1 atom stereocenters. The number of para-hydroxylation sites is 1. The highest BCUT2D eigenvalue weighted by molar-refractivity contribution is 7.92. The van der Waals surface area contributed by atoms with Crippen LogP contribution >= 0.6 is 0 Å². The predicted molar refractivity (Wildman–Crippen MR) is 144 cm³/mol. The zero-order chi connectivity index (χ0) is 27.2. The normalized spacial score (nSPS) is 21.4. The van der Waals surface area contributed by atoms with E-state index < -0.39 is 31.4 Å². The third kappa shape index (κ3) is 5.49. The number of fused-ring (bicyclic) bond motifs is 1. The fourth-order valence-corrected chi connectivity index (χ4v) is 6.12. The second-order valence-electron chi connectivity index (χ2n) is 10.1. The Morgan fingerprint density at radius 2 is 1.86 bits per heavy atom. The summed E-state index contributed by atoms with van der Waals surface area (Å²) < 4.78 is 55.6. The molecule has 0 radical (unpaired) electrons. The first-order valence-electron chi connectivity index (χ1n) is 11.7. The number of anilines is 3. The number of hydrogen-bond acceptors (Lipinski definition) is 7. The predicted octanol–water partition coefficient (Wildman–Crippen LogP) is 3.87. The highest BCUT2D eigenvalue weighted by Crippen LogP contribution is 2.42. The molecule has 2 aromatic carbocycles. The molecule has 0 fully saturated rings. The highest BCUT2D eigenvalue weighted by Gasteiger charge is 2.45. The minimum atomic E-state index is -4.34. The van der Waals surface area contributed by atoms with Crippen molar-refractivity contribution >= 4 is 48.9 Å². The summed E-state index contributed by atoms with van der Waals surface area (Å²) in [6.07, 6.45) is 2.30. The van der Waals surface area contributed by atoms with Crippen molar-refractivity contribution in [1.29, 1.82) is 0 Å². The molecule has 10 nitrogen and oxygen atoms in total. The van der Waals surface area contributed by atoms with Crippen LogP contribution in [0.25, 0.3) is 0 Å². The number of nitrogens with zero attached hydrogens (tertiary/aromatic N) is 2. The summed E-state index contributed by atoms with van der Waals surface area (Å²) in [5, 5.41) is 14.3. The van der Waals surface area contributed by atoms with Gasteiger partial charge >= 0.3 is 0 Å². The summed E-state index contributed by atoms with van der Waals surface area (Å²) in [4.78, 5) is 15.0. The largest absolute Gasteiger partial charge is 0.511 e. The number of carbonyl (C=O) groups excluding carboxylic acids is 1. The minimum absolute atomic E-state index is 0.0533. The molecule has 3 N–H and O–H groups in total. The summed E-state index contributed by atoms with van der Waals surface area (Å²) in [6.45, 7) is 6.20. The van der Waals surface area contributed by atoms with Crippen molar-refractivity contribution in [3.63, 3.8) is 0 Å². The lowest BCUT2D eigenvalue weighted by Crippen LogP contribution is -2.50. The Kier molecular flexibility index (Phi) is 6.84. The van der Waals surface area contributed by atoms with Gasteiger partial charge in [-0.15, -0.1) is 4.40 Å². The molecule has 0 saturated heterocycles. The number of sulfonamides is 2. The molecule has 2 aliphatic rings. The van der Waals surface area contributed by atoms with E-state index in [0.717, 1.165) is 18.7 Å². The fourth-order valence-electron chi connectivity index (χ4n) is 4.41. The summed E-state index contributed by atoms with van der Waals surface area (Å²) in [5.74, 6) is -0.727. The number of hydrogen-bond donors (Lipinski definition) is 3. The molecule has 198 valence electrons. The van der Waals surface area contributed by atoms with Crippen molar-refractivity contribution in [1.82, 2.24) is 0 Å². The average Bonchev–Trinajstić information content (AvgIpc) is 2.80. The van der Waals surface area contributed by atoms with E-state index in [2.05, 4.69) is 28.3 Å². The van der Waals surface area contributed by atoms with E-state index >= 15 is 0 Å². The third-order valence-corrected chi connectivity index (χ3v) is 8.30. The van der Waals surface area contributed by atoms with E-state index in [9.17, 15) is 26.7 Å². The van der Waals surface area contributed by atoms with Gasteiger partial charge in [0.2, 0.25) is 10.0 Å². The molecule has 37 heavy (non-hydrogen) atoms. The minimum Gasteiger partial charge on any atom is -0.511 e. The number of nitrogens with one attached hydrogen (secondary N) is 2. The maximum atomic E-state index is 13.7. The zero-order valence-electron chi connectivity index (χ0n) is 21.0. The molecule has 2 heterocycles. The van der Waals surface area contributed by atoms with Gasteiger partial charge in [-0.2, -0.15) is 8.42 Å². The van der Waals surface area contributed by atoms with E-state index in [1.54, 1.807) is 24.3 Å². The molecule has 12 heteroatoms. The van der Waals surface area contributed by atoms with Gasteiger partial charge in [0.1, 0.15) is 16.2 Å². The number of aliphatic hydroxyl groups excluding tert-OH is 1. The lowest BCUT2D eigenvalue weighted by molar-refractivity contribution is -0.116. The van der Waals surface area contributed by atoms with Crippen molar-refractivity contribution in [3.8, 4) is 0 Å². The van der Waals surface area contributed by atoms with Crippen molar-refractivity contribution in [2.75, 3.05) is 27.7 Å². The number of rotatable bonds is 7. The Bertz CT molecular complexity index is 1520. The van der Waals surface area contributed by atoms with Crippen molar-refractivity contribution in [2.24, 2.45) is 15.7 Å². The van der Waals surface area contributed by atoms with Crippen molar-refractivity contribution < 1.29 is 26.7 Å². The molecular weight excluding hydrogens is 516 g/mol. The summed E-state index contributed by atoms with van der Waals surface area (Å²) in [6, 6.07) is 12.9. The van der Waals surface area contributed by atoms with Crippen LogP contribution in [-0.4, -0.2) is 46.5 Å². The van der Waals surface area contributed by atoms with Crippen LogP contribution < -0.4 is 14.9 Å². The van der Waals surface area contributed by atoms with Gasteiger partial charge < -0.3 is 15.3 Å². The first-order valence-corrected chi connectivity index (χ1v) is 15.1. The van der Waals surface area contributed by atoms with Crippen LogP contribution in [0.15, 0.2) is 69.2 Å². The molecule has 4 rings (SSSR count). The number of amidine groups is 1. The van der Waals surface area contributed by atoms with Gasteiger partial charge in [0.15, 0.2) is 5.84 Å². The van der Waals surface area contributed by atoms with Gasteiger partial charge in [-0.1, -0.05) is 39.0 Å². The number of aliphatic hydroxyl groups is 1. The SMILES string of the molecule is CC(C)CC[C@]1(C)CN(c2ccccc2)C(=O)C(C2=NS(=O)(=O)c3cc(NS(C)(=O)=O)ccc3N2)=C1O.